The van der Waals surface area contributed by atoms with Crippen molar-refractivity contribution >= 4 is 17.3 Å². The smallest absolute Gasteiger partial charge is 0.169 e. The third-order valence-corrected chi connectivity index (χ3v) is 5.09. The molecule has 0 amide bonds. The highest BCUT2D eigenvalue weighted by Gasteiger charge is 2.20. The van der Waals surface area contributed by atoms with Gasteiger partial charge in [-0.15, -0.1) is 0 Å². The number of hydrogen-bond donors (Lipinski definition) is 1. The van der Waals surface area contributed by atoms with E-state index in [9.17, 15) is 0 Å². The Labute approximate surface area is 144 Å². The van der Waals surface area contributed by atoms with Crippen LogP contribution in [0, 0.1) is 6.92 Å². The van der Waals surface area contributed by atoms with Gasteiger partial charge in [-0.2, -0.15) is 0 Å². The number of nitrogens with zero attached hydrogens (tertiary/aromatic N) is 2. The summed E-state index contributed by atoms with van der Waals surface area (Å²) < 4.78 is 5.63. The molecule has 0 radical (unpaired) electrons. The third-order valence-electron chi connectivity index (χ3n) is 4.69. The minimum Gasteiger partial charge on any atom is -0.376 e. The Hall–Kier alpha value is -1.17. The summed E-state index contributed by atoms with van der Waals surface area (Å²) in [4.78, 5) is 4.79. The lowest BCUT2D eigenvalue weighted by molar-refractivity contribution is 0.112. The fourth-order valence-electron chi connectivity index (χ4n) is 3.18. The van der Waals surface area contributed by atoms with Gasteiger partial charge in [-0.3, -0.25) is 4.90 Å². The second-order valence-corrected chi connectivity index (χ2v) is 6.96. The molecular formula is C18H27N3OS. The monoisotopic (exact) mass is 333 g/mol. The largest absolute Gasteiger partial charge is 0.376 e. The number of piperazine rings is 1. The molecule has 0 bridgehead atoms. The first-order valence-corrected chi connectivity index (χ1v) is 9.04. The van der Waals surface area contributed by atoms with E-state index in [-0.39, 0.29) is 0 Å². The molecule has 2 heterocycles. The molecule has 2 aliphatic heterocycles. The Bertz CT molecular complexity index is 506. The lowest BCUT2D eigenvalue weighted by atomic mass is 10.1. The fraction of sp³-hybridized carbons (Fsp3) is 0.611. The van der Waals surface area contributed by atoms with E-state index in [0.717, 1.165) is 57.4 Å². The Morgan fingerprint density at radius 1 is 1.22 bits per heavy atom. The third kappa shape index (κ3) is 4.90. The first-order chi connectivity index (χ1) is 11.2. The van der Waals surface area contributed by atoms with Gasteiger partial charge < -0.3 is 15.0 Å². The molecule has 0 aromatic heterocycles. The van der Waals surface area contributed by atoms with Crippen LogP contribution in [0.15, 0.2) is 24.3 Å². The Morgan fingerprint density at radius 2 is 1.96 bits per heavy atom. The second kappa shape index (κ2) is 8.08. The minimum absolute atomic E-state index is 0.343. The molecule has 5 heteroatoms. The van der Waals surface area contributed by atoms with Gasteiger partial charge in [-0.25, -0.2) is 0 Å². The van der Waals surface area contributed by atoms with Gasteiger partial charge in [0.05, 0.1) is 6.10 Å². The van der Waals surface area contributed by atoms with E-state index in [1.54, 1.807) is 0 Å². The maximum atomic E-state index is 5.63. The van der Waals surface area contributed by atoms with E-state index in [2.05, 4.69) is 46.3 Å². The fourth-order valence-corrected chi connectivity index (χ4v) is 3.44. The SMILES string of the molecule is Cc1ccc(CN2CCN(C(=S)NCC3CCCO3)CC2)cc1. The Balaban J connectivity index is 1.39. The van der Waals surface area contributed by atoms with Crippen LogP contribution in [0.4, 0.5) is 0 Å². The number of thiocarbonyl (C=S) groups is 1. The number of nitrogens with one attached hydrogen (secondary N) is 1. The molecule has 3 rings (SSSR count). The lowest BCUT2D eigenvalue weighted by Crippen LogP contribution is -2.52. The van der Waals surface area contributed by atoms with Crippen molar-refractivity contribution in [2.75, 3.05) is 39.3 Å². The summed E-state index contributed by atoms with van der Waals surface area (Å²) in [6, 6.07) is 8.84. The van der Waals surface area contributed by atoms with Gasteiger partial charge in [0.15, 0.2) is 5.11 Å². The van der Waals surface area contributed by atoms with Crippen molar-refractivity contribution in [3.8, 4) is 0 Å². The summed E-state index contributed by atoms with van der Waals surface area (Å²) in [5, 5.41) is 4.26. The predicted molar refractivity (Wildman–Crippen MR) is 97.6 cm³/mol. The molecule has 4 nitrogen and oxygen atoms in total. The lowest BCUT2D eigenvalue weighted by Gasteiger charge is -2.36. The topological polar surface area (TPSA) is 27.7 Å². The standard InChI is InChI=1S/C18H27N3OS/c1-15-4-6-16(7-5-15)14-20-8-10-21(11-9-20)18(23)19-13-17-3-2-12-22-17/h4-7,17H,2-3,8-14H2,1H3,(H,19,23). The predicted octanol–water partition coefficient (Wildman–Crippen LogP) is 2.17. The van der Waals surface area contributed by atoms with Gasteiger partial charge in [0.1, 0.15) is 0 Å². The molecule has 2 saturated heterocycles. The van der Waals surface area contributed by atoms with E-state index in [0.29, 0.717) is 6.10 Å². The highest BCUT2D eigenvalue weighted by Crippen LogP contribution is 2.12. The zero-order chi connectivity index (χ0) is 16.1. The van der Waals surface area contributed by atoms with Gasteiger partial charge in [-0.05, 0) is 37.5 Å². The molecule has 1 aromatic rings. The molecule has 1 aromatic carbocycles. The van der Waals surface area contributed by atoms with E-state index >= 15 is 0 Å². The van der Waals surface area contributed by atoms with Crippen LogP contribution >= 0.6 is 12.2 Å². The number of benzene rings is 1. The maximum Gasteiger partial charge on any atom is 0.169 e. The summed E-state index contributed by atoms with van der Waals surface area (Å²) in [7, 11) is 0. The summed E-state index contributed by atoms with van der Waals surface area (Å²) >= 11 is 5.53. The van der Waals surface area contributed by atoms with E-state index < -0.39 is 0 Å². The zero-order valence-electron chi connectivity index (χ0n) is 14.0. The highest BCUT2D eigenvalue weighted by molar-refractivity contribution is 7.80. The summed E-state index contributed by atoms with van der Waals surface area (Å²) in [5.74, 6) is 0. The van der Waals surface area contributed by atoms with Gasteiger partial charge >= 0.3 is 0 Å². The molecule has 0 saturated carbocycles. The second-order valence-electron chi connectivity index (χ2n) is 6.57. The molecule has 1 atom stereocenters. The number of hydrogen-bond acceptors (Lipinski definition) is 3. The quantitative estimate of drug-likeness (QED) is 0.853. The van der Waals surface area contributed by atoms with Crippen LogP contribution in [0.25, 0.3) is 0 Å². The Kier molecular flexibility index (Phi) is 5.86. The number of ether oxygens (including phenoxy) is 1. The van der Waals surface area contributed by atoms with Crippen molar-refractivity contribution < 1.29 is 4.74 Å². The average Bonchev–Trinajstić information content (AvgIpc) is 3.09. The highest BCUT2D eigenvalue weighted by atomic mass is 32.1. The normalized spacial score (nSPS) is 22.3. The van der Waals surface area contributed by atoms with Gasteiger partial charge in [0.25, 0.3) is 0 Å². The van der Waals surface area contributed by atoms with Crippen molar-refractivity contribution in [2.24, 2.45) is 0 Å². The molecule has 23 heavy (non-hydrogen) atoms. The van der Waals surface area contributed by atoms with Gasteiger partial charge in [0.2, 0.25) is 0 Å². The van der Waals surface area contributed by atoms with Crippen LogP contribution in [0.2, 0.25) is 0 Å². The summed E-state index contributed by atoms with van der Waals surface area (Å²) in [6.07, 6.45) is 2.67. The molecule has 0 aliphatic carbocycles. The van der Waals surface area contributed by atoms with Crippen LogP contribution in [-0.2, 0) is 11.3 Å². The van der Waals surface area contributed by atoms with Crippen LogP contribution in [0.3, 0.4) is 0 Å². The van der Waals surface area contributed by atoms with Crippen LogP contribution in [-0.4, -0.2) is 60.3 Å². The summed E-state index contributed by atoms with van der Waals surface area (Å²) in [6.45, 7) is 9.05. The summed E-state index contributed by atoms with van der Waals surface area (Å²) in [5.41, 5.74) is 2.71. The van der Waals surface area contributed by atoms with Gasteiger partial charge in [0, 0.05) is 45.9 Å². The van der Waals surface area contributed by atoms with Crippen LogP contribution in [0.1, 0.15) is 24.0 Å². The van der Waals surface area contributed by atoms with E-state index in [4.69, 9.17) is 17.0 Å². The molecule has 2 fully saturated rings. The maximum absolute atomic E-state index is 5.63. The number of rotatable bonds is 4. The van der Waals surface area contributed by atoms with E-state index in [1.807, 2.05) is 0 Å². The van der Waals surface area contributed by atoms with E-state index in [1.165, 1.54) is 17.5 Å². The first-order valence-electron chi connectivity index (χ1n) is 8.63. The number of aryl methyl sites for hydroxylation is 1. The minimum atomic E-state index is 0.343. The van der Waals surface area contributed by atoms with Gasteiger partial charge in [-0.1, -0.05) is 29.8 Å². The molecular weight excluding hydrogens is 306 g/mol. The molecule has 2 aliphatic rings. The Morgan fingerprint density at radius 3 is 2.61 bits per heavy atom. The van der Waals surface area contributed by atoms with Crippen molar-refractivity contribution in [1.82, 2.24) is 15.1 Å². The van der Waals surface area contributed by atoms with Crippen LogP contribution in [0.5, 0.6) is 0 Å². The molecule has 1 N–H and O–H groups in total. The molecule has 126 valence electrons. The van der Waals surface area contributed by atoms with Crippen molar-refractivity contribution in [1.29, 1.82) is 0 Å². The van der Waals surface area contributed by atoms with Crippen molar-refractivity contribution in [3.05, 3.63) is 35.4 Å². The van der Waals surface area contributed by atoms with Crippen molar-refractivity contribution in [2.45, 2.75) is 32.4 Å². The zero-order valence-corrected chi connectivity index (χ0v) is 14.8. The molecule has 0 spiro atoms. The van der Waals surface area contributed by atoms with Crippen LogP contribution < -0.4 is 5.32 Å². The van der Waals surface area contributed by atoms with Crippen molar-refractivity contribution in [3.63, 3.8) is 0 Å². The molecule has 1 unspecified atom stereocenters. The average molecular weight is 334 g/mol. The first kappa shape index (κ1) is 16.7.